The van der Waals surface area contributed by atoms with Gasteiger partial charge in [0, 0.05) is 37.3 Å². The highest BCUT2D eigenvalue weighted by atomic mass is 32.1. The lowest BCUT2D eigenvalue weighted by Crippen LogP contribution is -2.30. The molecule has 0 aliphatic rings. The fraction of sp³-hybridized carbons (Fsp3) is 0.562. The lowest BCUT2D eigenvalue weighted by Gasteiger charge is -2.22. The van der Waals surface area contributed by atoms with E-state index >= 15 is 0 Å². The fourth-order valence-electron chi connectivity index (χ4n) is 2.37. The molecule has 0 fully saturated rings. The van der Waals surface area contributed by atoms with Crippen molar-refractivity contribution in [3.05, 3.63) is 35.2 Å². The van der Waals surface area contributed by atoms with Crippen molar-refractivity contribution < 1.29 is 4.42 Å². The Morgan fingerprint density at radius 2 is 2.09 bits per heavy atom. The van der Waals surface area contributed by atoms with Crippen LogP contribution in [0, 0.1) is 0 Å². The van der Waals surface area contributed by atoms with Crippen LogP contribution in [0.4, 0.5) is 5.13 Å². The Morgan fingerprint density at radius 1 is 1.32 bits per heavy atom. The minimum absolute atomic E-state index is 0.241. The van der Waals surface area contributed by atoms with E-state index < -0.39 is 0 Å². The number of rotatable bonds is 9. The van der Waals surface area contributed by atoms with Gasteiger partial charge in [0.2, 0.25) is 0 Å². The Balaban J connectivity index is 1.87. The van der Waals surface area contributed by atoms with Crippen LogP contribution in [0.2, 0.25) is 0 Å². The van der Waals surface area contributed by atoms with E-state index in [4.69, 9.17) is 4.42 Å². The van der Waals surface area contributed by atoms with Gasteiger partial charge in [-0.2, -0.15) is 0 Å². The van der Waals surface area contributed by atoms with E-state index in [0.29, 0.717) is 0 Å². The molecule has 1 N–H and O–H groups in total. The number of nitrogens with zero attached hydrogens (tertiary/aromatic N) is 3. The van der Waals surface area contributed by atoms with E-state index in [1.165, 1.54) is 4.88 Å². The quantitative estimate of drug-likeness (QED) is 0.769. The minimum atomic E-state index is 0.241. The zero-order valence-electron chi connectivity index (χ0n) is 13.9. The van der Waals surface area contributed by atoms with Crippen molar-refractivity contribution >= 4 is 16.5 Å². The maximum atomic E-state index is 5.53. The maximum Gasteiger partial charge on any atom is 0.185 e. The summed E-state index contributed by atoms with van der Waals surface area (Å²) in [7, 11) is 4.14. The molecule has 6 heteroatoms. The number of hydrogen-bond acceptors (Lipinski definition) is 6. The van der Waals surface area contributed by atoms with Gasteiger partial charge in [-0.15, -0.1) is 11.3 Å². The van der Waals surface area contributed by atoms with Gasteiger partial charge < -0.3 is 14.6 Å². The van der Waals surface area contributed by atoms with Gasteiger partial charge in [-0.05, 0) is 40.1 Å². The van der Waals surface area contributed by atoms with Gasteiger partial charge in [-0.3, -0.25) is 4.90 Å². The Hall–Kier alpha value is -1.37. The molecule has 1 unspecified atom stereocenters. The number of likely N-dealkylation sites (N-methyl/N-ethyl adjacent to an activating group) is 1. The summed E-state index contributed by atoms with van der Waals surface area (Å²) in [5, 5.41) is 4.62. The zero-order valence-corrected chi connectivity index (χ0v) is 14.7. The van der Waals surface area contributed by atoms with Gasteiger partial charge in [-0.25, -0.2) is 4.98 Å². The van der Waals surface area contributed by atoms with E-state index in [-0.39, 0.29) is 6.04 Å². The summed E-state index contributed by atoms with van der Waals surface area (Å²) in [6, 6.07) is 4.20. The summed E-state index contributed by atoms with van der Waals surface area (Å²) in [6.45, 7) is 8.00. The molecule has 0 bridgehead atoms. The predicted octanol–water partition coefficient (Wildman–Crippen LogP) is 2.97. The SMILES string of the molecule is CCN(CC)c1ncc(CNCC(c2ccco2)N(C)C)s1. The second-order valence-electron chi connectivity index (χ2n) is 5.41. The smallest absolute Gasteiger partial charge is 0.185 e. The second-order valence-corrected chi connectivity index (χ2v) is 6.50. The normalized spacial score (nSPS) is 12.8. The first-order valence-corrected chi connectivity index (χ1v) is 8.57. The van der Waals surface area contributed by atoms with E-state index in [2.05, 4.69) is 48.0 Å². The van der Waals surface area contributed by atoms with Crippen LogP contribution in [0.3, 0.4) is 0 Å². The van der Waals surface area contributed by atoms with Gasteiger partial charge in [0.25, 0.3) is 0 Å². The number of nitrogens with one attached hydrogen (secondary N) is 1. The molecule has 0 spiro atoms. The number of thiazole rings is 1. The maximum absolute atomic E-state index is 5.53. The number of furan rings is 1. The van der Waals surface area contributed by atoms with Gasteiger partial charge >= 0.3 is 0 Å². The lowest BCUT2D eigenvalue weighted by molar-refractivity contribution is 0.250. The third-order valence-electron chi connectivity index (χ3n) is 3.71. The molecule has 2 aromatic heterocycles. The molecule has 2 heterocycles. The van der Waals surface area contributed by atoms with Crippen molar-refractivity contribution in [3.8, 4) is 0 Å². The van der Waals surface area contributed by atoms with Crippen LogP contribution in [0.1, 0.15) is 30.5 Å². The van der Waals surface area contributed by atoms with Crippen LogP contribution in [0.15, 0.2) is 29.0 Å². The molecule has 2 rings (SSSR count). The largest absolute Gasteiger partial charge is 0.468 e. The molecular formula is C16H26N4OS. The standard InChI is InChI=1S/C16H26N4OS/c1-5-20(6-2)16-18-11-13(22-16)10-17-12-14(19(3)4)15-8-7-9-21-15/h7-9,11,14,17H,5-6,10,12H2,1-4H3. The van der Waals surface area contributed by atoms with Crippen molar-refractivity contribution in [1.82, 2.24) is 15.2 Å². The lowest BCUT2D eigenvalue weighted by atomic mass is 10.2. The summed E-state index contributed by atoms with van der Waals surface area (Å²) in [4.78, 5) is 10.2. The molecule has 1 atom stereocenters. The van der Waals surface area contributed by atoms with Crippen LogP contribution in [-0.2, 0) is 6.54 Å². The van der Waals surface area contributed by atoms with Gasteiger partial charge in [-0.1, -0.05) is 0 Å². The van der Waals surface area contributed by atoms with Gasteiger partial charge in [0.05, 0.1) is 12.3 Å². The van der Waals surface area contributed by atoms with Gasteiger partial charge in [0.15, 0.2) is 5.13 Å². The Labute approximate surface area is 136 Å². The average Bonchev–Trinajstić information content (AvgIpc) is 3.16. The summed E-state index contributed by atoms with van der Waals surface area (Å²) in [6.07, 6.45) is 3.70. The summed E-state index contributed by atoms with van der Waals surface area (Å²) in [5.41, 5.74) is 0. The Bertz CT molecular complexity index is 534. The number of anilines is 1. The van der Waals surface area contributed by atoms with Crippen molar-refractivity contribution in [3.63, 3.8) is 0 Å². The van der Waals surface area contributed by atoms with E-state index in [1.54, 1.807) is 17.6 Å². The Morgan fingerprint density at radius 3 is 2.68 bits per heavy atom. The van der Waals surface area contributed by atoms with Crippen LogP contribution >= 0.6 is 11.3 Å². The molecule has 0 radical (unpaired) electrons. The van der Waals surface area contributed by atoms with Crippen LogP contribution in [-0.4, -0.2) is 43.6 Å². The number of hydrogen-bond donors (Lipinski definition) is 1. The first-order valence-electron chi connectivity index (χ1n) is 7.75. The zero-order chi connectivity index (χ0) is 15.9. The fourth-order valence-corrected chi connectivity index (χ4v) is 3.38. The summed E-state index contributed by atoms with van der Waals surface area (Å²) < 4.78 is 5.53. The molecule has 0 saturated heterocycles. The molecular weight excluding hydrogens is 296 g/mol. The third-order valence-corrected chi connectivity index (χ3v) is 4.77. The molecule has 0 saturated carbocycles. The first-order chi connectivity index (χ1) is 10.7. The molecule has 122 valence electrons. The van der Waals surface area contributed by atoms with Crippen molar-refractivity contribution in [1.29, 1.82) is 0 Å². The average molecular weight is 322 g/mol. The summed E-state index contributed by atoms with van der Waals surface area (Å²) in [5.74, 6) is 0.991. The van der Waals surface area contributed by atoms with Crippen molar-refractivity contribution in [2.75, 3.05) is 38.6 Å². The van der Waals surface area contributed by atoms with E-state index in [9.17, 15) is 0 Å². The highest BCUT2D eigenvalue weighted by Crippen LogP contribution is 2.22. The van der Waals surface area contributed by atoms with Crippen molar-refractivity contribution in [2.24, 2.45) is 0 Å². The van der Waals surface area contributed by atoms with Crippen LogP contribution in [0.5, 0.6) is 0 Å². The second kappa shape index (κ2) is 8.31. The Kier molecular flexibility index (Phi) is 6.42. The monoisotopic (exact) mass is 322 g/mol. The topological polar surface area (TPSA) is 44.5 Å². The highest BCUT2D eigenvalue weighted by molar-refractivity contribution is 7.15. The molecule has 22 heavy (non-hydrogen) atoms. The van der Waals surface area contributed by atoms with Gasteiger partial charge in [0.1, 0.15) is 5.76 Å². The molecule has 0 aromatic carbocycles. The molecule has 5 nitrogen and oxygen atoms in total. The minimum Gasteiger partial charge on any atom is -0.468 e. The van der Waals surface area contributed by atoms with Crippen LogP contribution in [0.25, 0.3) is 0 Å². The van der Waals surface area contributed by atoms with E-state index in [0.717, 1.165) is 37.1 Å². The number of aromatic nitrogens is 1. The predicted molar refractivity (Wildman–Crippen MR) is 92.5 cm³/mol. The van der Waals surface area contributed by atoms with Crippen LogP contribution < -0.4 is 10.2 Å². The highest BCUT2D eigenvalue weighted by Gasteiger charge is 2.16. The first kappa shape index (κ1) is 17.0. The molecule has 0 amide bonds. The summed E-state index contributed by atoms with van der Waals surface area (Å²) >= 11 is 1.76. The molecule has 2 aromatic rings. The molecule has 0 aliphatic heterocycles. The van der Waals surface area contributed by atoms with E-state index in [1.807, 2.05) is 18.3 Å². The third kappa shape index (κ3) is 4.32. The molecule has 0 aliphatic carbocycles. The van der Waals surface area contributed by atoms with Crippen molar-refractivity contribution in [2.45, 2.75) is 26.4 Å².